The summed E-state index contributed by atoms with van der Waals surface area (Å²) in [5.74, 6) is -1.14. The van der Waals surface area contributed by atoms with Gasteiger partial charge in [0.05, 0.1) is 24.3 Å². The summed E-state index contributed by atoms with van der Waals surface area (Å²) >= 11 is 6.22. The first-order valence-electron chi connectivity index (χ1n) is 12.3. The quantitative estimate of drug-likeness (QED) is 0.217. The van der Waals surface area contributed by atoms with Gasteiger partial charge in [0.1, 0.15) is 11.5 Å². The molecule has 0 aromatic heterocycles. The third kappa shape index (κ3) is 5.01. The van der Waals surface area contributed by atoms with E-state index in [1.54, 1.807) is 12.1 Å². The molecule has 6 heteroatoms. The Morgan fingerprint density at radius 2 is 1.59 bits per heavy atom. The molecule has 1 atom stereocenters. The molecule has 1 heterocycles. The van der Waals surface area contributed by atoms with Crippen LogP contribution < -0.4 is 9.64 Å². The van der Waals surface area contributed by atoms with Crippen LogP contribution in [0.4, 0.5) is 5.69 Å². The average molecular weight is 518 g/mol. The number of rotatable bonds is 5. The SMILES string of the molecule is COc1ccc(Cl)cc1/C(O)=C1\C(=O)C(=O)N(c2ccc(C(C)C)cc2)C1c1ccc(C(C)(C)C)cc1. The van der Waals surface area contributed by atoms with Gasteiger partial charge in [-0.05, 0) is 58.4 Å². The molecule has 1 aliphatic heterocycles. The van der Waals surface area contributed by atoms with Crippen molar-refractivity contribution >= 4 is 34.7 Å². The Balaban J connectivity index is 1.95. The van der Waals surface area contributed by atoms with Crippen molar-refractivity contribution in [2.75, 3.05) is 12.0 Å². The molecule has 37 heavy (non-hydrogen) atoms. The zero-order valence-electron chi connectivity index (χ0n) is 22.0. The lowest BCUT2D eigenvalue weighted by Gasteiger charge is -2.27. The van der Waals surface area contributed by atoms with Gasteiger partial charge >= 0.3 is 0 Å². The normalized spacial score (nSPS) is 17.5. The van der Waals surface area contributed by atoms with Crippen LogP contribution in [0.2, 0.25) is 5.02 Å². The molecule has 1 saturated heterocycles. The van der Waals surface area contributed by atoms with Crippen LogP contribution in [-0.4, -0.2) is 23.9 Å². The number of aliphatic hydroxyl groups excluding tert-OH is 1. The van der Waals surface area contributed by atoms with E-state index in [2.05, 4.69) is 34.6 Å². The minimum atomic E-state index is -0.831. The molecule has 0 aliphatic carbocycles. The molecule has 0 bridgehead atoms. The average Bonchev–Trinajstić information content (AvgIpc) is 3.13. The second kappa shape index (κ2) is 10.1. The Hall–Kier alpha value is -3.57. The third-order valence-electron chi connectivity index (χ3n) is 6.79. The van der Waals surface area contributed by atoms with Crippen molar-refractivity contribution in [3.8, 4) is 5.75 Å². The first kappa shape index (κ1) is 26.5. The Kier molecular flexibility index (Phi) is 7.20. The lowest BCUT2D eigenvalue weighted by atomic mass is 9.85. The third-order valence-corrected chi connectivity index (χ3v) is 7.03. The van der Waals surface area contributed by atoms with Crippen LogP contribution >= 0.6 is 11.6 Å². The Bertz CT molecular complexity index is 1370. The van der Waals surface area contributed by atoms with Crippen LogP contribution in [-0.2, 0) is 15.0 Å². The molecule has 4 rings (SSSR count). The maximum Gasteiger partial charge on any atom is 0.300 e. The highest BCUT2D eigenvalue weighted by Gasteiger charge is 2.47. The highest BCUT2D eigenvalue weighted by molar-refractivity contribution is 6.51. The number of hydrogen-bond acceptors (Lipinski definition) is 4. The summed E-state index contributed by atoms with van der Waals surface area (Å²) < 4.78 is 5.42. The second-order valence-electron chi connectivity index (χ2n) is 10.6. The van der Waals surface area contributed by atoms with Gasteiger partial charge in [-0.15, -0.1) is 0 Å². The molecule has 1 fully saturated rings. The van der Waals surface area contributed by atoms with Crippen molar-refractivity contribution in [1.29, 1.82) is 0 Å². The van der Waals surface area contributed by atoms with Crippen molar-refractivity contribution in [2.45, 2.75) is 52.0 Å². The van der Waals surface area contributed by atoms with Crippen LogP contribution in [0.15, 0.2) is 72.3 Å². The summed E-state index contributed by atoms with van der Waals surface area (Å²) in [5.41, 5.74) is 3.69. The van der Waals surface area contributed by atoms with Gasteiger partial charge in [-0.25, -0.2) is 0 Å². The first-order valence-corrected chi connectivity index (χ1v) is 12.7. The zero-order chi connectivity index (χ0) is 27.1. The predicted molar refractivity (Wildman–Crippen MR) is 148 cm³/mol. The van der Waals surface area contributed by atoms with Crippen LogP contribution in [0.3, 0.4) is 0 Å². The molecule has 192 valence electrons. The van der Waals surface area contributed by atoms with Gasteiger partial charge in [0.15, 0.2) is 0 Å². The van der Waals surface area contributed by atoms with Crippen LogP contribution in [0, 0.1) is 0 Å². The van der Waals surface area contributed by atoms with Crippen molar-refractivity contribution in [3.63, 3.8) is 0 Å². The summed E-state index contributed by atoms with van der Waals surface area (Å²) in [5, 5.41) is 11.9. The number of halogens is 1. The van der Waals surface area contributed by atoms with E-state index in [9.17, 15) is 14.7 Å². The topological polar surface area (TPSA) is 66.8 Å². The molecule has 0 radical (unpaired) electrons. The molecule has 0 saturated carbocycles. The monoisotopic (exact) mass is 517 g/mol. The highest BCUT2D eigenvalue weighted by atomic mass is 35.5. The van der Waals surface area contributed by atoms with E-state index in [1.165, 1.54) is 18.1 Å². The van der Waals surface area contributed by atoms with Gasteiger partial charge in [-0.2, -0.15) is 0 Å². The summed E-state index contributed by atoms with van der Waals surface area (Å²) in [7, 11) is 1.47. The number of carbonyl (C=O) groups excluding carboxylic acids is 2. The van der Waals surface area contributed by atoms with E-state index in [-0.39, 0.29) is 22.3 Å². The van der Waals surface area contributed by atoms with Crippen LogP contribution in [0.25, 0.3) is 5.76 Å². The molecular weight excluding hydrogens is 486 g/mol. The number of anilines is 1. The number of ketones is 1. The standard InChI is InChI=1S/C31H32ClNO4/c1-18(2)19-9-14-23(15-10-19)33-27(20-7-11-21(12-8-20)31(3,4)5)26(29(35)30(33)36)28(34)24-17-22(32)13-16-25(24)37-6/h7-18,27,34H,1-6H3/b28-26+. The van der Waals surface area contributed by atoms with Crippen LogP contribution in [0.5, 0.6) is 5.75 Å². The summed E-state index contributed by atoms with van der Waals surface area (Å²) in [6.07, 6.45) is 0. The van der Waals surface area contributed by atoms with Crippen LogP contribution in [0.1, 0.15) is 68.8 Å². The molecule has 1 aliphatic rings. The molecule has 1 amide bonds. The maximum atomic E-state index is 13.5. The van der Waals surface area contributed by atoms with E-state index in [0.29, 0.717) is 27.9 Å². The van der Waals surface area contributed by atoms with Gasteiger partial charge in [-0.3, -0.25) is 14.5 Å². The number of ether oxygens (including phenoxy) is 1. The number of benzene rings is 3. The smallest absolute Gasteiger partial charge is 0.300 e. The van der Waals surface area contributed by atoms with Gasteiger partial charge in [-0.1, -0.05) is 82.6 Å². The van der Waals surface area contributed by atoms with Gasteiger partial charge in [0.2, 0.25) is 0 Å². The number of methoxy groups -OCH3 is 1. The highest BCUT2D eigenvalue weighted by Crippen LogP contribution is 2.44. The molecule has 1 N–H and O–H groups in total. The van der Waals surface area contributed by atoms with Crippen molar-refractivity contribution in [1.82, 2.24) is 0 Å². The minimum Gasteiger partial charge on any atom is -0.507 e. The lowest BCUT2D eigenvalue weighted by molar-refractivity contribution is -0.132. The minimum absolute atomic E-state index is 0.0120. The largest absolute Gasteiger partial charge is 0.507 e. The van der Waals surface area contributed by atoms with Crippen molar-refractivity contribution in [2.24, 2.45) is 0 Å². The number of amides is 1. The Labute approximate surface area is 223 Å². The Morgan fingerprint density at radius 1 is 0.973 bits per heavy atom. The number of hydrogen-bond donors (Lipinski definition) is 1. The fourth-order valence-electron chi connectivity index (χ4n) is 4.61. The van der Waals surface area contributed by atoms with Crippen molar-refractivity contribution in [3.05, 3.63) is 99.6 Å². The summed E-state index contributed by atoms with van der Waals surface area (Å²) in [6.45, 7) is 10.5. The number of nitrogens with zero attached hydrogens (tertiary/aromatic N) is 1. The second-order valence-corrected chi connectivity index (χ2v) is 11.1. The number of Topliss-reactive ketones (excluding diaryl/α,β-unsaturated/α-hetero) is 1. The van der Waals surface area contributed by atoms with Gasteiger partial charge in [0, 0.05) is 10.7 Å². The van der Waals surface area contributed by atoms with Crippen molar-refractivity contribution < 1.29 is 19.4 Å². The van der Waals surface area contributed by atoms with E-state index >= 15 is 0 Å². The number of carbonyl (C=O) groups is 2. The van der Waals surface area contributed by atoms with E-state index < -0.39 is 17.7 Å². The van der Waals surface area contributed by atoms with Gasteiger partial charge in [0.25, 0.3) is 11.7 Å². The first-order chi connectivity index (χ1) is 17.4. The molecule has 0 spiro atoms. The summed E-state index contributed by atoms with van der Waals surface area (Å²) in [4.78, 5) is 28.4. The predicted octanol–water partition coefficient (Wildman–Crippen LogP) is 7.40. The van der Waals surface area contributed by atoms with E-state index in [4.69, 9.17) is 16.3 Å². The summed E-state index contributed by atoms with van der Waals surface area (Å²) in [6, 6.07) is 19.4. The molecule has 3 aromatic carbocycles. The molecule has 5 nitrogen and oxygen atoms in total. The molecule has 1 unspecified atom stereocenters. The zero-order valence-corrected chi connectivity index (χ0v) is 22.8. The molecule has 3 aromatic rings. The fraction of sp³-hybridized carbons (Fsp3) is 0.290. The fourth-order valence-corrected chi connectivity index (χ4v) is 4.78. The lowest BCUT2D eigenvalue weighted by Crippen LogP contribution is -2.29. The maximum absolute atomic E-state index is 13.5. The number of aliphatic hydroxyl groups is 1. The van der Waals surface area contributed by atoms with Gasteiger partial charge < -0.3 is 9.84 Å². The Morgan fingerprint density at radius 3 is 2.14 bits per heavy atom. The van der Waals surface area contributed by atoms with E-state index in [0.717, 1.165) is 11.1 Å². The molecular formula is C31H32ClNO4. The van der Waals surface area contributed by atoms with E-state index in [1.807, 2.05) is 48.5 Å².